The Kier molecular flexibility index (Phi) is 8.39. The first kappa shape index (κ1) is 24.4. The van der Waals surface area contributed by atoms with Crippen molar-refractivity contribution in [1.82, 2.24) is 0 Å². The van der Waals surface area contributed by atoms with Crippen molar-refractivity contribution in [1.29, 1.82) is 0 Å². The molecule has 4 N–H and O–H groups in total. The highest BCUT2D eigenvalue weighted by molar-refractivity contribution is 5.81. The number of ketones is 1. The predicted octanol–water partition coefficient (Wildman–Crippen LogP) is 1.73. The Morgan fingerprint density at radius 2 is 1.56 bits per heavy atom. The SMILES string of the molecule is CC(C)c1ccc(CC(=O)CCc2ccc(O[C@@H]3OC(CO)[C@H](O)[C@H](O)C3O)cc2)cc1. The molecule has 1 saturated heterocycles. The normalized spacial score (nSPS) is 25.7. The summed E-state index contributed by atoms with van der Waals surface area (Å²) in [5.41, 5.74) is 3.24. The molecule has 1 fully saturated rings. The number of carbonyl (C=O) groups excluding carboxylic acids is 1. The largest absolute Gasteiger partial charge is 0.462 e. The van der Waals surface area contributed by atoms with Gasteiger partial charge in [-0.2, -0.15) is 0 Å². The number of carbonyl (C=O) groups is 1. The molecule has 1 aliphatic heterocycles. The molecule has 7 heteroatoms. The van der Waals surface area contributed by atoms with Crippen LogP contribution in [0, 0.1) is 0 Å². The van der Waals surface area contributed by atoms with Crippen LogP contribution in [0.25, 0.3) is 0 Å². The highest BCUT2D eigenvalue weighted by Gasteiger charge is 2.44. The zero-order valence-corrected chi connectivity index (χ0v) is 18.4. The maximum absolute atomic E-state index is 12.4. The van der Waals surface area contributed by atoms with E-state index < -0.39 is 37.3 Å². The highest BCUT2D eigenvalue weighted by Crippen LogP contribution is 2.25. The third-order valence-corrected chi connectivity index (χ3v) is 5.76. The molecule has 2 unspecified atom stereocenters. The first-order chi connectivity index (χ1) is 15.3. The molecule has 7 nitrogen and oxygen atoms in total. The van der Waals surface area contributed by atoms with Gasteiger partial charge >= 0.3 is 0 Å². The van der Waals surface area contributed by atoms with Gasteiger partial charge in [-0.25, -0.2) is 0 Å². The molecule has 0 aromatic heterocycles. The summed E-state index contributed by atoms with van der Waals surface area (Å²) >= 11 is 0. The zero-order chi connectivity index (χ0) is 23.3. The molecule has 0 saturated carbocycles. The smallest absolute Gasteiger partial charge is 0.229 e. The van der Waals surface area contributed by atoms with E-state index in [9.17, 15) is 25.2 Å². The second kappa shape index (κ2) is 11.0. The van der Waals surface area contributed by atoms with Gasteiger partial charge in [0.25, 0.3) is 0 Å². The molecule has 1 aliphatic rings. The number of hydrogen-bond donors (Lipinski definition) is 4. The fourth-order valence-corrected chi connectivity index (χ4v) is 3.65. The number of benzene rings is 2. The maximum atomic E-state index is 12.4. The fraction of sp³-hybridized carbons (Fsp3) is 0.480. The average Bonchev–Trinajstić information content (AvgIpc) is 2.79. The number of aliphatic hydroxyl groups is 4. The number of Topliss-reactive ketones (excluding diaryl/α,β-unsaturated/α-hetero) is 1. The van der Waals surface area contributed by atoms with Gasteiger partial charge in [-0.15, -0.1) is 0 Å². The molecule has 0 radical (unpaired) electrons. The lowest BCUT2D eigenvalue weighted by Crippen LogP contribution is -2.60. The van der Waals surface area contributed by atoms with Crippen molar-refractivity contribution in [2.24, 2.45) is 0 Å². The third-order valence-electron chi connectivity index (χ3n) is 5.76. The summed E-state index contributed by atoms with van der Waals surface area (Å²) in [6.45, 7) is 3.76. The molecule has 0 aliphatic carbocycles. The lowest BCUT2D eigenvalue weighted by molar-refractivity contribution is -0.277. The molecule has 5 atom stereocenters. The topological polar surface area (TPSA) is 116 Å². The first-order valence-electron chi connectivity index (χ1n) is 10.9. The number of aliphatic hydroxyl groups excluding tert-OH is 4. The van der Waals surface area contributed by atoms with Crippen molar-refractivity contribution in [3.8, 4) is 5.75 Å². The Labute approximate surface area is 188 Å². The summed E-state index contributed by atoms with van der Waals surface area (Å²) in [5.74, 6) is 1.03. The van der Waals surface area contributed by atoms with Gasteiger partial charge in [-0.05, 0) is 41.2 Å². The van der Waals surface area contributed by atoms with E-state index in [1.807, 2.05) is 24.3 Å². The van der Waals surface area contributed by atoms with E-state index in [1.165, 1.54) is 5.56 Å². The standard InChI is InChI=1S/C25H32O7/c1-15(2)18-8-3-17(4-9-18)13-19(27)10-5-16-6-11-20(12-7-16)31-25-24(30)23(29)22(28)21(14-26)32-25/h3-4,6-9,11-12,15,21-26,28-30H,5,10,13-14H2,1-2H3/t21?,22-,23-,24?,25+/m0/s1. The molecule has 0 spiro atoms. The quantitative estimate of drug-likeness (QED) is 0.465. The number of hydrogen-bond acceptors (Lipinski definition) is 7. The molecule has 174 valence electrons. The molecule has 0 bridgehead atoms. The zero-order valence-electron chi connectivity index (χ0n) is 18.4. The van der Waals surface area contributed by atoms with Crippen LogP contribution in [0.4, 0.5) is 0 Å². The van der Waals surface area contributed by atoms with E-state index in [0.29, 0.717) is 30.9 Å². The van der Waals surface area contributed by atoms with Gasteiger partial charge in [0.2, 0.25) is 6.29 Å². The molecule has 1 heterocycles. The van der Waals surface area contributed by atoms with Gasteiger partial charge in [0.1, 0.15) is 35.9 Å². The van der Waals surface area contributed by atoms with E-state index in [4.69, 9.17) is 9.47 Å². The minimum atomic E-state index is -1.49. The molecule has 2 aromatic rings. The number of rotatable bonds is 9. The molecular weight excluding hydrogens is 412 g/mol. The number of aryl methyl sites for hydroxylation is 1. The Hall–Kier alpha value is -2.29. The van der Waals surface area contributed by atoms with Crippen LogP contribution >= 0.6 is 0 Å². The second-order valence-corrected chi connectivity index (χ2v) is 8.57. The Morgan fingerprint density at radius 3 is 2.16 bits per heavy atom. The van der Waals surface area contributed by atoms with Gasteiger partial charge in [0.15, 0.2) is 0 Å². The van der Waals surface area contributed by atoms with E-state index in [-0.39, 0.29) is 5.78 Å². The third kappa shape index (κ3) is 6.15. The minimum absolute atomic E-state index is 0.170. The summed E-state index contributed by atoms with van der Waals surface area (Å²) in [7, 11) is 0. The van der Waals surface area contributed by atoms with Crippen molar-refractivity contribution in [2.75, 3.05) is 6.61 Å². The van der Waals surface area contributed by atoms with Crippen LogP contribution in [0.1, 0.15) is 42.9 Å². The summed E-state index contributed by atoms with van der Waals surface area (Å²) in [6.07, 6.45) is -5.18. The summed E-state index contributed by atoms with van der Waals surface area (Å²) in [4.78, 5) is 12.4. The van der Waals surface area contributed by atoms with Crippen molar-refractivity contribution < 1.29 is 34.7 Å². The average molecular weight is 445 g/mol. The van der Waals surface area contributed by atoms with E-state index in [1.54, 1.807) is 12.1 Å². The molecule has 2 aromatic carbocycles. The van der Waals surface area contributed by atoms with Crippen LogP contribution in [-0.4, -0.2) is 63.5 Å². The van der Waals surface area contributed by atoms with Gasteiger partial charge < -0.3 is 29.9 Å². The van der Waals surface area contributed by atoms with E-state index >= 15 is 0 Å². The van der Waals surface area contributed by atoms with Crippen molar-refractivity contribution in [2.45, 2.75) is 69.7 Å². The van der Waals surface area contributed by atoms with E-state index in [0.717, 1.165) is 11.1 Å². The van der Waals surface area contributed by atoms with Gasteiger partial charge in [-0.1, -0.05) is 50.2 Å². The Balaban J connectivity index is 1.49. The summed E-state index contributed by atoms with van der Waals surface area (Å²) in [5, 5.41) is 39.0. The van der Waals surface area contributed by atoms with Crippen LogP contribution in [0.3, 0.4) is 0 Å². The summed E-state index contributed by atoms with van der Waals surface area (Å²) in [6, 6.07) is 15.2. The number of ether oxygens (including phenoxy) is 2. The first-order valence-corrected chi connectivity index (χ1v) is 10.9. The fourth-order valence-electron chi connectivity index (χ4n) is 3.65. The summed E-state index contributed by atoms with van der Waals surface area (Å²) < 4.78 is 10.9. The van der Waals surface area contributed by atoms with Crippen LogP contribution < -0.4 is 4.74 Å². The molecule has 32 heavy (non-hydrogen) atoms. The molecule has 3 rings (SSSR count). The molecular formula is C25H32O7. The Morgan fingerprint density at radius 1 is 0.938 bits per heavy atom. The van der Waals surface area contributed by atoms with Crippen LogP contribution in [0.2, 0.25) is 0 Å². The van der Waals surface area contributed by atoms with Gasteiger partial charge in [-0.3, -0.25) is 4.79 Å². The predicted molar refractivity (Wildman–Crippen MR) is 118 cm³/mol. The van der Waals surface area contributed by atoms with Crippen molar-refractivity contribution in [3.05, 3.63) is 65.2 Å². The van der Waals surface area contributed by atoms with Gasteiger partial charge in [0, 0.05) is 12.8 Å². The maximum Gasteiger partial charge on any atom is 0.229 e. The monoisotopic (exact) mass is 444 g/mol. The highest BCUT2D eigenvalue weighted by atomic mass is 16.7. The van der Waals surface area contributed by atoms with Crippen LogP contribution in [-0.2, 0) is 22.4 Å². The second-order valence-electron chi connectivity index (χ2n) is 8.57. The van der Waals surface area contributed by atoms with Crippen molar-refractivity contribution in [3.63, 3.8) is 0 Å². The Bertz CT molecular complexity index is 861. The van der Waals surface area contributed by atoms with Crippen LogP contribution in [0.15, 0.2) is 48.5 Å². The van der Waals surface area contributed by atoms with E-state index in [2.05, 4.69) is 26.0 Å². The lowest BCUT2D eigenvalue weighted by atomic mass is 9.98. The van der Waals surface area contributed by atoms with Crippen molar-refractivity contribution >= 4 is 5.78 Å². The van der Waals surface area contributed by atoms with Gasteiger partial charge in [0.05, 0.1) is 6.61 Å². The van der Waals surface area contributed by atoms with Crippen LogP contribution in [0.5, 0.6) is 5.75 Å². The lowest BCUT2D eigenvalue weighted by Gasteiger charge is -2.39. The molecule has 0 amide bonds. The minimum Gasteiger partial charge on any atom is -0.462 e.